The lowest BCUT2D eigenvalue weighted by Gasteiger charge is -2.34. The van der Waals surface area contributed by atoms with E-state index in [0.29, 0.717) is 19.6 Å². The number of ketones is 1. The van der Waals surface area contributed by atoms with Gasteiger partial charge in [-0.3, -0.25) is 9.59 Å². The monoisotopic (exact) mass is 479 g/mol. The number of aromatic nitrogens is 1. The normalized spacial score (nSPS) is 31.8. The molecule has 1 aromatic rings. The first-order valence-corrected chi connectivity index (χ1v) is 12.2. The van der Waals surface area contributed by atoms with E-state index in [1.165, 1.54) is 0 Å². The highest BCUT2D eigenvalue weighted by Crippen LogP contribution is 2.31. The van der Waals surface area contributed by atoms with Gasteiger partial charge in [-0.2, -0.15) is 0 Å². The van der Waals surface area contributed by atoms with Crippen LogP contribution in [0.1, 0.15) is 58.2 Å². The van der Waals surface area contributed by atoms with Crippen molar-refractivity contribution in [3.63, 3.8) is 0 Å². The van der Waals surface area contributed by atoms with Gasteiger partial charge < -0.3 is 19.7 Å². The summed E-state index contributed by atoms with van der Waals surface area (Å²) in [5.41, 5.74) is 0.407. The van der Waals surface area contributed by atoms with Crippen molar-refractivity contribution in [1.82, 2.24) is 4.98 Å². The Morgan fingerprint density at radius 1 is 1.24 bits per heavy atom. The van der Waals surface area contributed by atoms with Crippen LogP contribution in [0.4, 0.5) is 0 Å². The van der Waals surface area contributed by atoms with E-state index in [2.05, 4.69) is 4.98 Å². The molecule has 8 heteroatoms. The molecule has 2 rings (SSSR count). The van der Waals surface area contributed by atoms with E-state index in [1.807, 2.05) is 44.4 Å². The zero-order valence-electron chi connectivity index (χ0n) is 20.4. The lowest BCUT2D eigenvalue weighted by molar-refractivity contribution is -0.154. The van der Waals surface area contributed by atoms with Gasteiger partial charge in [0, 0.05) is 23.6 Å². The molecule has 2 N–H and O–H groups in total. The number of nitrogens with zero attached hydrogens (tertiary/aromatic N) is 1. The minimum Gasteiger partial charge on any atom is -0.457 e. The maximum absolute atomic E-state index is 13.1. The lowest BCUT2D eigenvalue weighted by atomic mass is 9.73. The molecule has 1 aliphatic heterocycles. The molecule has 0 aliphatic carbocycles. The summed E-state index contributed by atoms with van der Waals surface area (Å²) in [6.07, 6.45) is 3.05. The third kappa shape index (κ3) is 7.57. The minimum atomic E-state index is -1.24. The average Bonchev–Trinajstić information content (AvgIpc) is 3.16. The molecule has 0 saturated carbocycles. The highest BCUT2D eigenvalue weighted by molar-refractivity contribution is 7.09. The number of aliphatic hydroxyl groups excluding tert-OH is 2. The van der Waals surface area contributed by atoms with Crippen molar-refractivity contribution >= 4 is 29.2 Å². The third-order valence-corrected chi connectivity index (χ3v) is 7.03. The van der Waals surface area contributed by atoms with Gasteiger partial charge in [-0.05, 0) is 25.5 Å². The van der Waals surface area contributed by atoms with Crippen LogP contribution in [0.5, 0.6) is 0 Å². The Labute approximate surface area is 200 Å². The topological polar surface area (TPSA) is 106 Å². The van der Waals surface area contributed by atoms with Crippen molar-refractivity contribution in [2.75, 3.05) is 13.2 Å². The number of hydrogen-bond acceptors (Lipinski definition) is 8. The first-order chi connectivity index (χ1) is 15.4. The van der Waals surface area contributed by atoms with Crippen molar-refractivity contribution in [3.05, 3.63) is 33.8 Å². The molecule has 1 aromatic heterocycles. The summed E-state index contributed by atoms with van der Waals surface area (Å²) in [7, 11) is 0. The van der Waals surface area contributed by atoms with E-state index in [9.17, 15) is 19.8 Å². The molecule has 0 aromatic carbocycles. The van der Waals surface area contributed by atoms with Crippen LogP contribution in [0.2, 0.25) is 0 Å². The molecule has 1 aliphatic rings. The van der Waals surface area contributed by atoms with Gasteiger partial charge in [-0.25, -0.2) is 4.98 Å². The summed E-state index contributed by atoms with van der Waals surface area (Å²) < 4.78 is 11.4. The summed E-state index contributed by atoms with van der Waals surface area (Å²) >= 11 is 1.54. The molecule has 0 fully saturated rings. The highest BCUT2D eigenvalue weighted by Gasteiger charge is 2.42. The number of hydrogen-bond donors (Lipinski definition) is 2. The van der Waals surface area contributed by atoms with Gasteiger partial charge in [-0.1, -0.05) is 39.8 Å². The van der Waals surface area contributed by atoms with Crippen molar-refractivity contribution < 1.29 is 29.3 Å². The van der Waals surface area contributed by atoms with Crippen LogP contribution in [-0.2, 0) is 19.1 Å². The van der Waals surface area contributed by atoms with E-state index in [4.69, 9.17) is 9.47 Å². The summed E-state index contributed by atoms with van der Waals surface area (Å²) in [6, 6.07) is 0. The van der Waals surface area contributed by atoms with Gasteiger partial charge in [0.25, 0.3) is 0 Å². The van der Waals surface area contributed by atoms with Crippen LogP contribution in [0, 0.1) is 24.2 Å². The summed E-state index contributed by atoms with van der Waals surface area (Å²) in [5, 5.41) is 24.3. The molecule has 0 bridgehead atoms. The van der Waals surface area contributed by atoms with Crippen LogP contribution in [0.15, 0.2) is 23.1 Å². The van der Waals surface area contributed by atoms with Crippen LogP contribution >= 0.6 is 11.3 Å². The molecule has 0 unspecified atom stereocenters. The number of aliphatic hydroxyl groups is 2. The summed E-state index contributed by atoms with van der Waals surface area (Å²) in [6.45, 7) is 11.1. The quantitative estimate of drug-likeness (QED) is 0.492. The molecule has 0 amide bonds. The fourth-order valence-electron chi connectivity index (χ4n) is 3.83. The van der Waals surface area contributed by atoms with Crippen molar-refractivity contribution in [3.8, 4) is 0 Å². The molecular formula is C25H37NO6S. The number of aryl methyl sites for hydroxylation is 1. The van der Waals surface area contributed by atoms with Crippen molar-refractivity contribution in [2.24, 2.45) is 17.3 Å². The summed E-state index contributed by atoms with van der Waals surface area (Å²) in [5.74, 6) is -1.87. The van der Waals surface area contributed by atoms with Crippen LogP contribution in [0.3, 0.4) is 0 Å². The first-order valence-electron chi connectivity index (χ1n) is 11.4. The minimum absolute atomic E-state index is 0.261. The van der Waals surface area contributed by atoms with Gasteiger partial charge in [0.2, 0.25) is 0 Å². The average molecular weight is 480 g/mol. The van der Waals surface area contributed by atoms with Gasteiger partial charge >= 0.3 is 5.97 Å². The standard InChI is InChI=1S/C25H37NO6S/c1-15(11-19-14-33-18(4)26-19)20-9-7-8-10-31-13-16(2)23(29)17(3)24(30)25(5,6)21(27)12-22(28)32-20/h7-8,11,14,16-17,20-21,23,27,29H,9-10,12-13H2,1-6H3/b8-7-,15-11+/t16-,17+,20-,21-,23-/m0/s1. The molecule has 7 nitrogen and oxygen atoms in total. The Hall–Kier alpha value is -1.87. The molecular weight excluding hydrogens is 442 g/mol. The fraction of sp³-hybridized carbons (Fsp3) is 0.640. The zero-order valence-corrected chi connectivity index (χ0v) is 21.2. The van der Waals surface area contributed by atoms with Crippen LogP contribution in [-0.4, -0.2) is 58.5 Å². The maximum Gasteiger partial charge on any atom is 0.309 e. The highest BCUT2D eigenvalue weighted by atomic mass is 32.1. The second-order valence-corrected chi connectivity index (χ2v) is 10.5. The molecule has 0 spiro atoms. The number of carbonyl (C=O) groups is 2. The smallest absolute Gasteiger partial charge is 0.309 e. The van der Waals surface area contributed by atoms with Gasteiger partial charge in [0.1, 0.15) is 11.9 Å². The van der Waals surface area contributed by atoms with E-state index in [-0.39, 0.29) is 18.1 Å². The Balaban J connectivity index is 2.27. The van der Waals surface area contributed by atoms with Gasteiger partial charge in [-0.15, -0.1) is 11.3 Å². The molecule has 184 valence electrons. The Morgan fingerprint density at radius 3 is 2.58 bits per heavy atom. The number of ether oxygens (including phenoxy) is 2. The predicted octanol–water partition coefficient (Wildman–Crippen LogP) is 3.72. The Morgan fingerprint density at radius 2 is 1.94 bits per heavy atom. The Kier molecular flexibility index (Phi) is 9.97. The number of Topliss-reactive ketones (excluding diaryl/α,β-unsaturated/α-hetero) is 1. The van der Waals surface area contributed by atoms with E-state index in [0.717, 1.165) is 16.3 Å². The first kappa shape index (κ1) is 27.4. The van der Waals surface area contributed by atoms with Crippen molar-refractivity contribution in [1.29, 1.82) is 0 Å². The third-order valence-electron chi connectivity index (χ3n) is 6.24. The number of cyclic esters (lactones) is 1. The SMILES string of the molecule is C/C(=C\c1csc(C)n1)[C@@H]1C/C=C\COC[C@H](C)[C@H](O)[C@@H](C)C(=O)C(C)(C)[C@@H](O)CC(=O)O1. The maximum atomic E-state index is 13.1. The second-order valence-electron chi connectivity index (χ2n) is 9.47. The molecule has 0 radical (unpaired) electrons. The van der Waals surface area contributed by atoms with E-state index >= 15 is 0 Å². The van der Waals surface area contributed by atoms with E-state index < -0.39 is 35.6 Å². The van der Waals surface area contributed by atoms with E-state index in [1.54, 1.807) is 32.1 Å². The molecule has 5 atom stereocenters. The number of thiazole rings is 1. The molecule has 0 saturated heterocycles. The lowest BCUT2D eigenvalue weighted by Crippen LogP contribution is -2.46. The number of carbonyl (C=O) groups excluding carboxylic acids is 2. The Bertz CT molecular complexity index is 874. The molecule has 33 heavy (non-hydrogen) atoms. The predicted molar refractivity (Wildman–Crippen MR) is 129 cm³/mol. The number of rotatable bonds is 2. The number of esters is 1. The fourth-order valence-corrected chi connectivity index (χ4v) is 4.40. The van der Waals surface area contributed by atoms with Crippen LogP contribution < -0.4 is 0 Å². The second kappa shape index (κ2) is 12.0. The summed E-state index contributed by atoms with van der Waals surface area (Å²) in [4.78, 5) is 30.2. The zero-order chi connectivity index (χ0) is 24.8. The molecule has 2 heterocycles. The van der Waals surface area contributed by atoms with Gasteiger partial charge in [0.15, 0.2) is 0 Å². The van der Waals surface area contributed by atoms with Crippen molar-refractivity contribution in [2.45, 2.75) is 72.7 Å². The van der Waals surface area contributed by atoms with Crippen LogP contribution in [0.25, 0.3) is 6.08 Å². The van der Waals surface area contributed by atoms with Gasteiger partial charge in [0.05, 0.1) is 48.0 Å². The largest absolute Gasteiger partial charge is 0.457 e.